The smallest absolute Gasteiger partial charge is 0.342 e. The van der Waals surface area contributed by atoms with Crippen LogP contribution in [-0.2, 0) is 9.84 Å². The van der Waals surface area contributed by atoms with E-state index in [0.29, 0.717) is 0 Å². The number of nitrogens with zero attached hydrogens (tertiary/aromatic N) is 2. The molecule has 1 aromatic heterocycles. The number of pyridine rings is 1. The Morgan fingerprint density at radius 2 is 2.10 bits per heavy atom. The van der Waals surface area contributed by atoms with Gasteiger partial charge in [0.2, 0.25) is 0 Å². The summed E-state index contributed by atoms with van der Waals surface area (Å²) in [5.74, 6) is -1.41. The van der Waals surface area contributed by atoms with E-state index >= 15 is 0 Å². The van der Waals surface area contributed by atoms with Gasteiger partial charge in [-0.2, -0.15) is 0 Å². The fourth-order valence-corrected chi connectivity index (χ4v) is 1.63. The number of aromatic nitrogens is 1. The van der Waals surface area contributed by atoms with Crippen molar-refractivity contribution in [1.29, 1.82) is 0 Å². The molecule has 10 heteroatoms. The minimum absolute atomic E-state index is 0.0182. The molecule has 21 heavy (non-hydrogen) atoms. The molecule has 0 fully saturated rings. The fraction of sp³-hybridized carbons (Fsp3) is 0.455. The summed E-state index contributed by atoms with van der Waals surface area (Å²) in [4.78, 5) is 24.5. The van der Waals surface area contributed by atoms with Gasteiger partial charge in [-0.3, -0.25) is 10.1 Å². The van der Waals surface area contributed by atoms with E-state index in [0.717, 1.165) is 18.5 Å². The number of nitro groups is 1. The van der Waals surface area contributed by atoms with Crippen LogP contribution in [0.2, 0.25) is 0 Å². The predicted molar refractivity (Wildman–Crippen MR) is 75.3 cm³/mol. The lowest BCUT2D eigenvalue weighted by Crippen LogP contribution is -2.38. The lowest BCUT2D eigenvalue weighted by atomic mass is 10.2. The Kier molecular flexibility index (Phi) is 4.52. The van der Waals surface area contributed by atoms with Crippen LogP contribution in [0.3, 0.4) is 0 Å². The van der Waals surface area contributed by atoms with Crippen LogP contribution < -0.4 is 5.32 Å². The lowest BCUT2D eigenvalue weighted by Gasteiger charge is -2.23. The average Bonchev–Trinajstić information content (AvgIpc) is 2.34. The van der Waals surface area contributed by atoms with Gasteiger partial charge in [-0.25, -0.2) is 18.2 Å². The third-order valence-corrected chi connectivity index (χ3v) is 5.16. The minimum Gasteiger partial charge on any atom is -0.477 e. The number of aromatic carboxylic acids is 1. The highest BCUT2D eigenvalue weighted by atomic mass is 32.2. The largest absolute Gasteiger partial charge is 0.477 e. The minimum atomic E-state index is -3.34. The number of carboxylic acid groups (broad SMARTS) is 1. The molecular formula is C11H15N3O6S. The lowest BCUT2D eigenvalue weighted by molar-refractivity contribution is -0.385. The maximum Gasteiger partial charge on any atom is 0.342 e. The van der Waals surface area contributed by atoms with Gasteiger partial charge >= 0.3 is 11.7 Å². The van der Waals surface area contributed by atoms with E-state index in [1.165, 1.54) is 13.8 Å². The van der Waals surface area contributed by atoms with Crippen LogP contribution >= 0.6 is 0 Å². The van der Waals surface area contributed by atoms with Crippen LogP contribution in [0.15, 0.2) is 12.3 Å². The van der Waals surface area contributed by atoms with Gasteiger partial charge in [0.15, 0.2) is 9.84 Å². The van der Waals surface area contributed by atoms with Gasteiger partial charge in [-0.05, 0) is 13.8 Å². The molecule has 0 radical (unpaired) electrons. The Balaban J connectivity index is 3.05. The van der Waals surface area contributed by atoms with Crippen LogP contribution in [-0.4, -0.2) is 46.9 Å². The molecule has 0 aromatic carbocycles. The molecule has 0 atom stereocenters. The molecule has 1 heterocycles. The Hall–Kier alpha value is -2.23. The van der Waals surface area contributed by atoms with Crippen molar-refractivity contribution < 1.29 is 23.2 Å². The van der Waals surface area contributed by atoms with E-state index in [1.54, 1.807) is 0 Å². The number of anilines is 1. The Morgan fingerprint density at radius 3 is 2.52 bits per heavy atom. The van der Waals surface area contributed by atoms with E-state index in [-0.39, 0.29) is 12.4 Å². The normalized spacial score (nSPS) is 12.0. The summed E-state index contributed by atoms with van der Waals surface area (Å²) in [5, 5.41) is 22.3. The molecule has 0 spiro atoms. The fourth-order valence-electron chi connectivity index (χ4n) is 1.30. The second kappa shape index (κ2) is 5.64. The molecule has 0 amide bonds. The van der Waals surface area contributed by atoms with Gasteiger partial charge in [0.1, 0.15) is 17.6 Å². The number of carboxylic acids is 1. The highest BCUT2D eigenvalue weighted by Gasteiger charge is 2.30. The predicted octanol–water partition coefficient (Wildman–Crippen LogP) is 0.923. The number of nitrogens with one attached hydrogen (secondary N) is 1. The maximum absolute atomic E-state index is 11.5. The van der Waals surface area contributed by atoms with E-state index < -0.39 is 36.7 Å². The van der Waals surface area contributed by atoms with Crippen molar-refractivity contribution in [3.63, 3.8) is 0 Å². The van der Waals surface area contributed by atoms with Crippen molar-refractivity contribution in [2.75, 3.05) is 18.1 Å². The summed E-state index contributed by atoms with van der Waals surface area (Å²) < 4.78 is 22.0. The average molecular weight is 317 g/mol. The van der Waals surface area contributed by atoms with Crippen molar-refractivity contribution >= 4 is 27.3 Å². The van der Waals surface area contributed by atoms with E-state index in [4.69, 9.17) is 5.11 Å². The van der Waals surface area contributed by atoms with Crippen LogP contribution in [0.1, 0.15) is 24.2 Å². The van der Waals surface area contributed by atoms with Gasteiger partial charge in [0.25, 0.3) is 0 Å². The summed E-state index contributed by atoms with van der Waals surface area (Å²) in [6, 6.07) is 0.999. The molecule has 116 valence electrons. The molecule has 0 saturated carbocycles. The third-order valence-electron chi connectivity index (χ3n) is 3.01. The second-order valence-electron chi connectivity index (χ2n) is 5.03. The van der Waals surface area contributed by atoms with Gasteiger partial charge in [0.05, 0.1) is 9.67 Å². The van der Waals surface area contributed by atoms with Crippen LogP contribution in [0, 0.1) is 10.1 Å². The first-order valence-corrected chi connectivity index (χ1v) is 7.66. The van der Waals surface area contributed by atoms with Crippen molar-refractivity contribution in [3.8, 4) is 0 Å². The highest BCUT2D eigenvalue weighted by Crippen LogP contribution is 2.21. The molecule has 0 aliphatic rings. The SMILES string of the molecule is CC(C)(CNc1cc(C(=O)O)c([N+](=O)[O-])cn1)S(C)(=O)=O. The summed E-state index contributed by atoms with van der Waals surface area (Å²) in [6.45, 7) is 2.98. The summed E-state index contributed by atoms with van der Waals surface area (Å²) >= 11 is 0. The summed E-state index contributed by atoms with van der Waals surface area (Å²) in [7, 11) is -3.34. The monoisotopic (exact) mass is 317 g/mol. The van der Waals surface area contributed by atoms with Crippen molar-refractivity contribution in [1.82, 2.24) is 4.98 Å². The van der Waals surface area contributed by atoms with Gasteiger partial charge in [-0.15, -0.1) is 0 Å². The van der Waals surface area contributed by atoms with Gasteiger partial charge < -0.3 is 10.4 Å². The van der Waals surface area contributed by atoms with Crippen molar-refractivity contribution in [2.24, 2.45) is 0 Å². The molecule has 1 aromatic rings. The molecule has 9 nitrogen and oxygen atoms in total. The number of hydrogen-bond acceptors (Lipinski definition) is 7. The summed E-state index contributed by atoms with van der Waals surface area (Å²) in [5.41, 5.74) is -1.15. The molecule has 0 saturated heterocycles. The number of carbonyl (C=O) groups is 1. The summed E-state index contributed by atoms with van der Waals surface area (Å²) in [6.07, 6.45) is 1.90. The standard InChI is InChI=1S/C11H15N3O6S/c1-11(2,21(3,19)20)6-13-9-4-7(10(15)16)8(5-12-9)14(17)18/h4-5H,6H2,1-3H3,(H,12,13)(H,15,16). The topological polar surface area (TPSA) is 140 Å². The number of hydrogen-bond donors (Lipinski definition) is 2. The van der Waals surface area contributed by atoms with E-state index in [2.05, 4.69) is 10.3 Å². The first-order chi connectivity index (χ1) is 9.45. The Labute approximate surface area is 121 Å². The third kappa shape index (κ3) is 3.88. The molecule has 0 aliphatic heterocycles. The van der Waals surface area contributed by atoms with Crippen LogP contribution in [0.4, 0.5) is 11.5 Å². The maximum atomic E-state index is 11.5. The quantitative estimate of drug-likeness (QED) is 0.583. The Bertz CT molecular complexity index is 683. The van der Waals surface area contributed by atoms with Crippen molar-refractivity contribution in [3.05, 3.63) is 27.9 Å². The first-order valence-electron chi connectivity index (χ1n) is 5.77. The molecule has 0 unspecified atom stereocenters. The molecule has 0 bridgehead atoms. The molecular weight excluding hydrogens is 302 g/mol. The van der Waals surface area contributed by atoms with Gasteiger partial charge in [-0.1, -0.05) is 0 Å². The van der Waals surface area contributed by atoms with Crippen LogP contribution in [0.5, 0.6) is 0 Å². The van der Waals surface area contributed by atoms with Crippen LogP contribution in [0.25, 0.3) is 0 Å². The molecule has 2 N–H and O–H groups in total. The zero-order chi connectivity index (χ0) is 16.4. The highest BCUT2D eigenvalue weighted by molar-refractivity contribution is 7.92. The van der Waals surface area contributed by atoms with E-state index in [1.807, 2.05) is 0 Å². The zero-order valence-corrected chi connectivity index (χ0v) is 12.5. The van der Waals surface area contributed by atoms with Crippen molar-refractivity contribution in [2.45, 2.75) is 18.6 Å². The van der Waals surface area contributed by atoms with Gasteiger partial charge in [0, 0.05) is 18.9 Å². The molecule has 0 aliphatic carbocycles. The Morgan fingerprint density at radius 1 is 1.52 bits per heavy atom. The molecule has 1 rings (SSSR count). The number of rotatable bonds is 6. The zero-order valence-electron chi connectivity index (χ0n) is 11.7. The second-order valence-corrected chi connectivity index (χ2v) is 7.68. The number of sulfone groups is 1. The first kappa shape index (κ1) is 16.8. The van der Waals surface area contributed by atoms with E-state index in [9.17, 15) is 23.3 Å².